The summed E-state index contributed by atoms with van der Waals surface area (Å²) in [6, 6.07) is 3.38. The van der Waals surface area contributed by atoms with Crippen molar-refractivity contribution in [1.29, 1.82) is 0 Å². The predicted molar refractivity (Wildman–Crippen MR) is 67.2 cm³/mol. The molecular formula is C11H13ClN2O3S. The van der Waals surface area contributed by atoms with Gasteiger partial charge in [0.1, 0.15) is 6.10 Å². The van der Waals surface area contributed by atoms with Gasteiger partial charge in [0.2, 0.25) is 15.9 Å². The fourth-order valence-corrected chi connectivity index (χ4v) is 3.88. The molecule has 7 heteroatoms. The number of pyridine rings is 1. The van der Waals surface area contributed by atoms with Crippen LogP contribution in [-0.4, -0.2) is 42.2 Å². The standard InChI is InChI=1S/C11H13ClN2O3S/c12-8-1-4-11(13-5-8)17-9-6-14(7-9)18(15,16)10-2-3-10/h1,4-5,9-10H,2-3,6-7H2. The zero-order valence-corrected chi connectivity index (χ0v) is 11.2. The number of hydrogen-bond donors (Lipinski definition) is 0. The fourth-order valence-electron chi connectivity index (χ4n) is 1.86. The highest BCUT2D eigenvalue weighted by Crippen LogP contribution is 2.33. The van der Waals surface area contributed by atoms with E-state index in [2.05, 4.69) is 4.98 Å². The summed E-state index contributed by atoms with van der Waals surface area (Å²) in [7, 11) is -3.05. The molecular weight excluding hydrogens is 276 g/mol. The topological polar surface area (TPSA) is 59.5 Å². The van der Waals surface area contributed by atoms with Crippen LogP contribution in [0.4, 0.5) is 0 Å². The summed E-state index contributed by atoms with van der Waals surface area (Å²) < 4.78 is 30.8. The lowest BCUT2D eigenvalue weighted by atomic mass is 10.2. The lowest BCUT2D eigenvalue weighted by molar-refractivity contribution is 0.0720. The average molecular weight is 289 g/mol. The number of aromatic nitrogens is 1. The number of rotatable bonds is 4. The van der Waals surface area contributed by atoms with Crippen LogP contribution in [0.15, 0.2) is 18.3 Å². The van der Waals surface area contributed by atoms with Gasteiger partial charge in [-0.15, -0.1) is 0 Å². The summed E-state index contributed by atoms with van der Waals surface area (Å²) >= 11 is 5.72. The summed E-state index contributed by atoms with van der Waals surface area (Å²) in [5.74, 6) is 0.480. The van der Waals surface area contributed by atoms with E-state index in [-0.39, 0.29) is 11.4 Å². The van der Waals surface area contributed by atoms with Crippen LogP contribution in [0, 0.1) is 0 Å². The highest BCUT2D eigenvalue weighted by molar-refractivity contribution is 7.90. The van der Waals surface area contributed by atoms with E-state index in [4.69, 9.17) is 16.3 Å². The fraction of sp³-hybridized carbons (Fsp3) is 0.545. The second kappa shape index (κ2) is 4.36. The molecule has 0 amide bonds. The lowest BCUT2D eigenvalue weighted by Gasteiger charge is -2.37. The van der Waals surface area contributed by atoms with Crippen molar-refractivity contribution in [3.8, 4) is 5.88 Å². The third kappa shape index (κ3) is 2.32. The second-order valence-corrected chi connectivity index (χ2v) is 7.27. The van der Waals surface area contributed by atoms with Crippen LogP contribution in [0.25, 0.3) is 0 Å². The highest BCUT2D eigenvalue weighted by Gasteiger charge is 2.45. The van der Waals surface area contributed by atoms with Gasteiger partial charge in [-0.1, -0.05) is 11.6 Å². The summed E-state index contributed by atoms with van der Waals surface area (Å²) in [6.45, 7) is 0.840. The van der Waals surface area contributed by atoms with E-state index >= 15 is 0 Å². The Balaban J connectivity index is 1.55. The number of hydrogen-bond acceptors (Lipinski definition) is 4. The predicted octanol–water partition coefficient (Wildman–Crippen LogP) is 1.29. The van der Waals surface area contributed by atoms with Gasteiger partial charge >= 0.3 is 0 Å². The van der Waals surface area contributed by atoms with Crippen LogP contribution in [0.2, 0.25) is 5.02 Å². The van der Waals surface area contributed by atoms with Gasteiger partial charge in [-0.3, -0.25) is 0 Å². The number of ether oxygens (including phenoxy) is 1. The molecule has 2 fully saturated rings. The minimum atomic E-state index is -3.05. The SMILES string of the molecule is O=S(=O)(C1CC1)N1CC(Oc2ccc(Cl)cn2)C1. The van der Waals surface area contributed by atoms with E-state index in [1.54, 1.807) is 12.1 Å². The molecule has 1 saturated carbocycles. The molecule has 98 valence electrons. The maximum absolute atomic E-state index is 11.9. The summed E-state index contributed by atoms with van der Waals surface area (Å²) in [5.41, 5.74) is 0. The van der Waals surface area contributed by atoms with Crippen molar-refractivity contribution in [3.63, 3.8) is 0 Å². The first-order chi connectivity index (χ1) is 8.55. The number of sulfonamides is 1. The Kier molecular flexibility index (Phi) is 2.96. The Morgan fingerprint density at radius 3 is 2.61 bits per heavy atom. The maximum Gasteiger partial charge on any atom is 0.217 e. The van der Waals surface area contributed by atoms with E-state index in [1.807, 2.05) is 0 Å². The first kappa shape index (κ1) is 12.2. The molecule has 2 aliphatic rings. The van der Waals surface area contributed by atoms with Gasteiger partial charge in [0.05, 0.1) is 23.4 Å². The third-order valence-electron chi connectivity index (χ3n) is 3.11. The molecule has 1 aliphatic carbocycles. The van der Waals surface area contributed by atoms with Crippen LogP contribution in [0.1, 0.15) is 12.8 Å². The van der Waals surface area contributed by atoms with Crippen molar-refractivity contribution in [3.05, 3.63) is 23.4 Å². The monoisotopic (exact) mass is 288 g/mol. The Morgan fingerprint density at radius 1 is 1.33 bits per heavy atom. The Morgan fingerprint density at radius 2 is 2.06 bits per heavy atom. The van der Waals surface area contributed by atoms with E-state index < -0.39 is 10.0 Å². The molecule has 1 aromatic rings. The number of nitrogens with zero attached hydrogens (tertiary/aromatic N) is 2. The van der Waals surface area contributed by atoms with Crippen LogP contribution >= 0.6 is 11.6 Å². The first-order valence-electron chi connectivity index (χ1n) is 5.83. The van der Waals surface area contributed by atoms with Crippen molar-refractivity contribution in [1.82, 2.24) is 9.29 Å². The normalized spacial score (nSPS) is 21.6. The molecule has 5 nitrogen and oxygen atoms in total. The lowest BCUT2D eigenvalue weighted by Crippen LogP contribution is -2.56. The molecule has 0 radical (unpaired) electrons. The minimum absolute atomic E-state index is 0.104. The molecule has 1 aromatic heterocycles. The van der Waals surface area contributed by atoms with Crippen molar-refractivity contribution < 1.29 is 13.2 Å². The molecule has 0 aromatic carbocycles. The van der Waals surface area contributed by atoms with Crippen LogP contribution in [-0.2, 0) is 10.0 Å². The highest BCUT2D eigenvalue weighted by atomic mass is 35.5. The van der Waals surface area contributed by atoms with E-state index in [9.17, 15) is 8.42 Å². The maximum atomic E-state index is 11.9. The van der Waals surface area contributed by atoms with Crippen molar-refractivity contribution in [2.75, 3.05) is 13.1 Å². The van der Waals surface area contributed by atoms with Gasteiger partial charge in [-0.25, -0.2) is 13.4 Å². The van der Waals surface area contributed by atoms with Crippen LogP contribution in [0.3, 0.4) is 0 Å². The van der Waals surface area contributed by atoms with Crippen molar-refractivity contribution in [2.45, 2.75) is 24.2 Å². The molecule has 18 heavy (non-hydrogen) atoms. The van der Waals surface area contributed by atoms with E-state index in [0.29, 0.717) is 24.0 Å². The largest absolute Gasteiger partial charge is 0.472 e. The van der Waals surface area contributed by atoms with Gasteiger partial charge in [0.15, 0.2) is 0 Å². The molecule has 1 aliphatic heterocycles. The molecule has 0 spiro atoms. The number of halogens is 1. The van der Waals surface area contributed by atoms with Crippen molar-refractivity contribution >= 4 is 21.6 Å². The van der Waals surface area contributed by atoms with E-state index in [0.717, 1.165) is 12.8 Å². The Bertz CT molecular complexity index is 536. The van der Waals surface area contributed by atoms with Gasteiger partial charge in [-0.05, 0) is 18.9 Å². The van der Waals surface area contributed by atoms with Gasteiger partial charge in [-0.2, -0.15) is 4.31 Å². The van der Waals surface area contributed by atoms with Crippen LogP contribution in [0.5, 0.6) is 5.88 Å². The van der Waals surface area contributed by atoms with E-state index in [1.165, 1.54) is 10.5 Å². The average Bonchev–Trinajstić information content (AvgIpc) is 3.08. The Labute approximate surface area is 111 Å². The summed E-state index contributed by atoms with van der Waals surface area (Å²) in [5, 5.41) is 0.404. The molecule has 0 unspecified atom stereocenters. The second-order valence-electron chi connectivity index (χ2n) is 4.62. The smallest absolute Gasteiger partial charge is 0.217 e. The Hall–Kier alpha value is -0.850. The summed E-state index contributed by atoms with van der Waals surface area (Å²) in [6.07, 6.45) is 2.99. The molecule has 0 N–H and O–H groups in total. The van der Waals surface area contributed by atoms with Crippen LogP contribution < -0.4 is 4.74 Å². The zero-order valence-electron chi connectivity index (χ0n) is 9.62. The molecule has 0 atom stereocenters. The molecule has 2 heterocycles. The molecule has 3 rings (SSSR count). The minimum Gasteiger partial charge on any atom is -0.472 e. The van der Waals surface area contributed by atoms with Gasteiger partial charge in [0.25, 0.3) is 0 Å². The van der Waals surface area contributed by atoms with Crippen molar-refractivity contribution in [2.24, 2.45) is 0 Å². The first-order valence-corrected chi connectivity index (χ1v) is 7.71. The summed E-state index contributed by atoms with van der Waals surface area (Å²) in [4.78, 5) is 4.01. The molecule has 0 bridgehead atoms. The van der Waals surface area contributed by atoms with Gasteiger partial charge in [0, 0.05) is 12.3 Å². The molecule has 1 saturated heterocycles. The van der Waals surface area contributed by atoms with Gasteiger partial charge < -0.3 is 4.74 Å². The zero-order chi connectivity index (χ0) is 12.8. The third-order valence-corrected chi connectivity index (χ3v) is 5.66. The quantitative estimate of drug-likeness (QED) is 0.838.